The summed E-state index contributed by atoms with van der Waals surface area (Å²) >= 11 is 0. The first-order valence-corrected chi connectivity index (χ1v) is 5.61. The van der Waals surface area contributed by atoms with E-state index in [1.165, 1.54) is 0 Å². The Kier molecular flexibility index (Phi) is 2.11. The molecule has 0 atom stereocenters. The lowest BCUT2D eigenvalue weighted by molar-refractivity contribution is 0.641. The molecule has 3 rings (SSSR count). The monoisotopic (exact) mass is 225 g/mol. The van der Waals surface area contributed by atoms with Gasteiger partial charge in [0, 0.05) is 22.7 Å². The Hall–Kier alpha value is -1.96. The zero-order valence-corrected chi connectivity index (χ0v) is 9.79. The largest absolute Gasteiger partial charge is 0.261 e. The van der Waals surface area contributed by atoms with Crippen molar-refractivity contribution >= 4 is 21.5 Å². The van der Waals surface area contributed by atoms with Crippen LogP contribution in [0.2, 0.25) is 0 Å². The Bertz CT molecular complexity index is 732. The predicted octanol–water partition coefficient (Wildman–Crippen LogP) is 4.14. The SMILES string of the molecule is Cc1ccc2c(c1)c(F)cc1c(C)nccc12. The van der Waals surface area contributed by atoms with Crippen molar-refractivity contribution in [1.82, 2.24) is 4.98 Å². The van der Waals surface area contributed by atoms with Gasteiger partial charge in [0.25, 0.3) is 0 Å². The van der Waals surface area contributed by atoms with Gasteiger partial charge in [-0.15, -0.1) is 0 Å². The van der Waals surface area contributed by atoms with Gasteiger partial charge in [-0.2, -0.15) is 0 Å². The number of halogens is 1. The molecular formula is C15H12FN. The first-order valence-electron chi connectivity index (χ1n) is 5.61. The van der Waals surface area contributed by atoms with Crippen molar-refractivity contribution in [2.45, 2.75) is 13.8 Å². The number of rotatable bonds is 0. The van der Waals surface area contributed by atoms with Gasteiger partial charge in [-0.3, -0.25) is 4.98 Å². The van der Waals surface area contributed by atoms with Crippen molar-refractivity contribution in [2.75, 3.05) is 0 Å². The molecule has 0 fully saturated rings. The van der Waals surface area contributed by atoms with Crippen molar-refractivity contribution < 1.29 is 4.39 Å². The molecule has 0 radical (unpaired) electrons. The molecule has 3 aromatic rings. The van der Waals surface area contributed by atoms with Crippen LogP contribution in [-0.4, -0.2) is 4.98 Å². The van der Waals surface area contributed by atoms with Gasteiger partial charge in [0.15, 0.2) is 0 Å². The zero-order valence-electron chi connectivity index (χ0n) is 9.79. The molecule has 2 aromatic carbocycles. The number of benzene rings is 2. The van der Waals surface area contributed by atoms with Gasteiger partial charge >= 0.3 is 0 Å². The Labute approximate surface area is 98.9 Å². The summed E-state index contributed by atoms with van der Waals surface area (Å²) in [7, 11) is 0. The van der Waals surface area contributed by atoms with E-state index in [1.807, 2.05) is 38.1 Å². The highest BCUT2D eigenvalue weighted by molar-refractivity contribution is 6.08. The van der Waals surface area contributed by atoms with E-state index in [9.17, 15) is 4.39 Å². The molecule has 0 saturated carbocycles. The van der Waals surface area contributed by atoms with Crippen LogP contribution in [0, 0.1) is 19.7 Å². The molecule has 0 saturated heterocycles. The zero-order chi connectivity index (χ0) is 12.0. The van der Waals surface area contributed by atoms with Crippen LogP contribution >= 0.6 is 0 Å². The second-order valence-electron chi connectivity index (χ2n) is 4.40. The molecule has 0 unspecified atom stereocenters. The van der Waals surface area contributed by atoms with Gasteiger partial charge in [-0.1, -0.05) is 17.7 Å². The molecule has 0 bridgehead atoms. The van der Waals surface area contributed by atoms with Crippen LogP contribution in [0.4, 0.5) is 4.39 Å². The quantitative estimate of drug-likeness (QED) is 0.524. The normalized spacial score (nSPS) is 11.2. The summed E-state index contributed by atoms with van der Waals surface area (Å²) in [5.74, 6) is -0.174. The van der Waals surface area contributed by atoms with Crippen LogP contribution in [0.1, 0.15) is 11.3 Å². The summed E-state index contributed by atoms with van der Waals surface area (Å²) in [6.45, 7) is 3.88. The van der Waals surface area contributed by atoms with Crippen LogP contribution in [0.15, 0.2) is 36.5 Å². The summed E-state index contributed by atoms with van der Waals surface area (Å²) in [5.41, 5.74) is 1.94. The van der Waals surface area contributed by atoms with E-state index in [2.05, 4.69) is 4.98 Å². The maximum Gasteiger partial charge on any atom is 0.131 e. The lowest BCUT2D eigenvalue weighted by Crippen LogP contribution is -1.88. The standard InChI is InChI=1S/C15H12FN/c1-9-3-4-11-12-5-6-17-10(2)13(12)8-15(16)14(11)7-9/h3-8H,1-2H3. The molecule has 1 aromatic heterocycles. The molecule has 0 aliphatic carbocycles. The Balaban J connectivity index is 2.60. The van der Waals surface area contributed by atoms with Gasteiger partial charge in [0.1, 0.15) is 5.82 Å². The molecule has 0 aliphatic heterocycles. The average Bonchev–Trinajstić information content (AvgIpc) is 2.31. The van der Waals surface area contributed by atoms with E-state index in [0.29, 0.717) is 5.39 Å². The highest BCUT2D eigenvalue weighted by atomic mass is 19.1. The van der Waals surface area contributed by atoms with Gasteiger partial charge in [0.2, 0.25) is 0 Å². The van der Waals surface area contributed by atoms with Crippen LogP contribution in [0.25, 0.3) is 21.5 Å². The highest BCUT2D eigenvalue weighted by Crippen LogP contribution is 2.29. The predicted molar refractivity (Wildman–Crippen MR) is 68.7 cm³/mol. The number of hydrogen-bond acceptors (Lipinski definition) is 1. The second kappa shape index (κ2) is 3.52. The summed E-state index contributed by atoms with van der Waals surface area (Å²) in [6, 6.07) is 9.41. The Morgan fingerprint density at radius 3 is 2.47 bits per heavy atom. The second-order valence-corrected chi connectivity index (χ2v) is 4.40. The summed E-state index contributed by atoms with van der Waals surface area (Å²) in [6.07, 6.45) is 1.77. The summed E-state index contributed by atoms with van der Waals surface area (Å²) in [4.78, 5) is 4.21. The molecule has 0 N–H and O–H groups in total. The molecule has 0 amide bonds. The maximum atomic E-state index is 14.0. The molecule has 17 heavy (non-hydrogen) atoms. The molecule has 0 aliphatic rings. The fourth-order valence-corrected chi connectivity index (χ4v) is 2.29. The van der Waals surface area contributed by atoms with Crippen molar-refractivity contribution in [2.24, 2.45) is 0 Å². The summed E-state index contributed by atoms with van der Waals surface area (Å²) in [5, 5.41) is 3.59. The molecule has 1 nitrogen and oxygen atoms in total. The lowest BCUT2D eigenvalue weighted by atomic mass is 10.00. The van der Waals surface area contributed by atoms with E-state index in [4.69, 9.17) is 0 Å². The van der Waals surface area contributed by atoms with E-state index in [1.54, 1.807) is 12.3 Å². The first kappa shape index (κ1) is 10.2. The van der Waals surface area contributed by atoms with E-state index in [-0.39, 0.29) is 5.82 Å². The molecular weight excluding hydrogens is 213 g/mol. The molecule has 84 valence electrons. The van der Waals surface area contributed by atoms with Crippen LogP contribution in [0.3, 0.4) is 0 Å². The third-order valence-corrected chi connectivity index (χ3v) is 3.18. The van der Waals surface area contributed by atoms with Crippen LogP contribution in [-0.2, 0) is 0 Å². The van der Waals surface area contributed by atoms with Crippen molar-refractivity contribution in [3.8, 4) is 0 Å². The lowest BCUT2D eigenvalue weighted by Gasteiger charge is -2.07. The van der Waals surface area contributed by atoms with Gasteiger partial charge < -0.3 is 0 Å². The maximum absolute atomic E-state index is 14.0. The number of pyridine rings is 1. The number of hydrogen-bond donors (Lipinski definition) is 0. The van der Waals surface area contributed by atoms with E-state index < -0.39 is 0 Å². The van der Waals surface area contributed by atoms with Crippen molar-refractivity contribution in [3.63, 3.8) is 0 Å². The topological polar surface area (TPSA) is 12.9 Å². The number of aromatic nitrogens is 1. The summed E-state index contributed by atoms with van der Waals surface area (Å²) < 4.78 is 14.0. The van der Waals surface area contributed by atoms with Crippen LogP contribution in [0.5, 0.6) is 0 Å². The van der Waals surface area contributed by atoms with Crippen molar-refractivity contribution in [1.29, 1.82) is 0 Å². The molecule has 2 heteroatoms. The number of nitrogens with zero attached hydrogens (tertiary/aromatic N) is 1. The van der Waals surface area contributed by atoms with E-state index >= 15 is 0 Å². The molecule has 0 spiro atoms. The fourth-order valence-electron chi connectivity index (χ4n) is 2.29. The molecule has 1 heterocycles. The number of fused-ring (bicyclic) bond motifs is 3. The minimum atomic E-state index is -0.174. The minimum Gasteiger partial charge on any atom is -0.261 e. The van der Waals surface area contributed by atoms with Gasteiger partial charge in [-0.25, -0.2) is 4.39 Å². The third-order valence-electron chi connectivity index (χ3n) is 3.18. The van der Waals surface area contributed by atoms with Crippen LogP contribution < -0.4 is 0 Å². The number of aryl methyl sites for hydroxylation is 2. The Morgan fingerprint density at radius 2 is 1.65 bits per heavy atom. The smallest absolute Gasteiger partial charge is 0.131 e. The van der Waals surface area contributed by atoms with Gasteiger partial charge in [-0.05, 0) is 42.8 Å². The minimum absolute atomic E-state index is 0.174. The highest BCUT2D eigenvalue weighted by Gasteiger charge is 2.08. The van der Waals surface area contributed by atoms with Crippen molar-refractivity contribution in [3.05, 3.63) is 53.6 Å². The van der Waals surface area contributed by atoms with E-state index in [0.717, 1.165) is 27.4 Å². The third kappa shape index (κ3) is 1.48. The Morgan fingerprint density at radius 1 is 0.882 bits per heavy atom. The van der Waals surface area contributed by atoms with Gasteiger partial charge in [0.05, 0.1) is 0 Å². The fraction of sp³-hybridized carbons (Fsp3) is 0.133. The average molecular weight is 225 g/mol. The first-order chi connectivity index (χ1) is 8.16.